The van der Waals surface area contributed by atoms with E-state index in [1.54, 1.807) is 29.2 Å². The molecule has 2 N–H and O–H groups in total. The van der Waals surface area contributed by atoms with Crippen molar-refractivity contribution in [3.8, 4) is 5.75 Å². The van der Waals surface area contributed by atoms with Gasteiger partial charge in [0.2, 0.25) is 11.8 Å². The monoisotopic (exact) mass is 475 g/mol. The van der Waals surface area contributed by atoms with Gasteiger partial charge in [-0.25, -0.2) is 4.39 Å². The van der Waals surface area contributed by atoms with E-state index in [0.717, 1.165) is 12.0 Å². The number of nitrogens with zero attached hydrogens (tertiary/aromatic N) is 1. The Bertz CT molecular complexity index is 1170. The van der Waals surface area contributed by atoms with Crippen molar-refractivity contribution < 1.29 is 23.5 Å². The van der Waals surface area contributed by atoms with Crippen LogP contribution in [0.15, 0.2) is 78.9 Å². The average molecular weight is 476 g/mol. The fourth-order valence-electron chi connectivity index (χ4n) is 3.85. The van der Waals surface area contributed by atoms with Gasteiger partial charge in [0.1, 0.15) is 11.6 Å². The minimum Gasteiger partial charge on any atom is -0.484 e. The van der Waals surface area contributed by atoms with Crippen molar-refractivity contribution in [1.29, 1.82) is 0 Å². The molecular formula is C27H26FN3O4. The molecule has 0 aliphatic carbocycles. The first kappa shape index (κ1) is 23.9. The van der Waals surface area contributed by atoms with Gasteiger partial charge in [0, 0.05) is 30.9 Å². The van der Waals surface area contributed by atoms with E-state index in [1.807, 2.05) is 30.3 Å². The number of rotatable bonds is 9. The third kappa shape index (κ3) is 6.66. The topological polar surface area (TPSA) is 87.7 Å². The first-order chi connectivity index (χ1) is 17.0. The molecule has 180 valence electrons. The molecule has 1 aliphatic heterocycles. The summed E-state index contributed by atoms with van der Waals surface area (Å²) in [5, 5.41) is 5.55. The molecule has 1 saturated heterocycles. The molecular weight excluding hydrogens is 449 g/mol. The molecule has 7 nitrogen and oxygen atoms in total. The van der Waals surface area contributed by atoms with E-state index in [9.17, 15) is 18.8 Å². The van der Waals surface area contributed by atoms with Crippen LogP contribution in [0.1, 0.15) is 12.0 Å². The van der Waals surface area contributed by atoms with Gasteiger partial charge in [-0.05, 0) is 60.5 Å². The second-order valence-corrected chi connectivity index (χ2v) is 8.27. The molecule has 0 spiro atoms. The molecule has 1 unspecified atom stereocenters. The van der Waals surface area contributed by atoms with Gasteiger partial charge >= 0.3 is 0 Å². The van der Waals surface area contributed by atoms with Crippen molar-refractivity contribution in [3.05, 3.63) is 90.2 Å². The van der Waals surface area contributed by atoms with Crippen LogP contribution in [-0.4, -0.2) is 37.4 Å². The van der Waals surface area contributed by atoms with Crippen LogP contribution in [0.2, 0.25) is 0 Å². The predicted octanol–water partition coefficient (Wildman–Crippen LogP) is 3.56. The highest BCUT2D eigenvalue weighted by Crippen LogP contribution is 2.27. The van der Waals surface area contributed by atoms with E-state index in [1.165, 1.54) is 24.3 Å². The van der Waals surface area contributed by atoms with Crippen LogP contribution in [0.25, 0.3) is 0 Å². The maximum absolute atomic E-state index is 12.9. The van der Waals surface area contributed by atoms with Crippen molar-refractivity contribution in [1.82, 2.24) is 5.32 Å². The summed E-state index contributed by atoms with van der Waals surface area (Å²) in [5.74, 6) is -0.930. The molecule has 0 radical (unpaired) electrons. The number of amides is 3. The zero-order chi connectivity index (χ0) is 24.6. The number of carbonyl (C=O) groups is 3. The molecule has 8 heteroatoms. The van der Waals surface area contributed by atoms with Crippen molar-refractivity contribution in [2.24, 2.45) is 5.92 Å². The predicted molar refractivity (Wildman–Crippen MR) is 131 cm³/mol. The van der Waals surface area contributed by atoms with Crippen LogP contribution in [-0.2, 0) is 20.8 Å². The third-order valence-electron chi connectivity index (χ3n) is 5.70. The summed E-state index contributed by atoms with van der Waals surface area (Å²) in [6.07, 6.45) is 0.902. The SMILES string of the molecule is O=C(COc1ccc(N2CC(C(=O)NCCc3ccccc3)CC2=O)cc1)Nc1ccc(F)cc1. The van der Waals surface area contributed by atoms with E-state index in [4.69, 9.17) is 4.74 Å². The largest absolute Gasteiger partial charge is 0.484 e. The highest BCUT2D eigenvalue weighted by atomic mass is 19.1. The zero-order valence-corrected chi connectivity index (χ0v) is 19.1. The lowest BCUT2D eigenvalue weighted by Gasteiger charge is -2.17. The summed E-state index contributed by atoms with van der Waals surface area (Å²) in [6.45, 7) is 0.620. The van der Waals surface area contributed by atoms with Crippen molar-refractivity contribution in [2.45, 2.75) is 12.8 Å². The van der Waals surface area contributed by atoms with Gasteiger partial charge in [0.05, 0.1) is 5.92 Å². The second kappa shape index (κ2) is 11.3. The summed E-state index contributed by atoms with van der Waals surface area (Å²) < 4.78 is 18.4. The summed E-state index contributed by atoms with van der Waals surface area (Å²) in [4.78, 5) is 38.7. The van der Waals surface area contributed by atoms with Crippen LogP contribution in [0.5, 0.6) is 5.75 Å². The van der Waals surface area contributed by atoms with E-state index < -0.39 is 5.92 Å². The summed E-state index contributed by atoms with van der Waals surface area (Å²) in [5.41, 5.74) is 2.28. The molecule has 1 fully saturated rings. The van der Waals surface area contributed by atoms with Gasteiger partial charge in [-0.15, -0.1) is 0 Å². The number of anilines is 2. The lowest BCUT2D eigenvalue weighted by Crippen LogP contribution is -2.34. The molecule has 4 rings (SSSR count). The Labute approximate surface area is 202 Å². The smallest absolute Gasteiger partial charge is 0.262 e. The standard InChI is InChI=1S/C27H26FN3O4/c28-21-6-8-22(9-7-21)30-25(32)18-35-24-12-10-23(11-13-24)31-17-20(16-26(31)33)27(34)29-15-14-19-4-2-1-3-5-19/h1-13,20H,14-18H2,(H,29,34)(H,30,32). The van der Waals surface area contributed by atoms with Gasteiger partial charge in [0.15, 0.2) is 6.61 Å². The molecule has 3 aromatic carbocycles. The van der Waals surface area contributed by atoms with Crippen LogP contribution in [0.4, 0.5) is 15.8 Å². The fourth-order valence-corrected chi connectivity index (χ4v) is 3.85. The second-order valence-electron chi connectivity index (χ2n) is 8.27. The molecule has 3 amide bonds. The quantitative estimate of drug-likeness (QED) is 0.496. The molecule has 1 aliphatic rings. The van der Waals surface area contributed by atoms with Crippen molar-refractivity contribution >= 4 is 29.1 Å². The van der Waals surface area contributed by atoms with E-state index >= 15 is 0 Å². The van der Waals surface area contributed by atoms with Crippen molar-refractivity contribution in [3.63, 3.8) is 0 Å². The minimum atomic E-state index is -0.399. The van der Waals surface area contributed by atoms with Crippen LogP contribution < -0.4 is 20.3 Å². The van der Waals surface area contributed by atoms with Gasteiger partial charge in [0.25, 0.3) is 5.91 Å². The number of benzene rings is 3. The van der Waals surface area contributed by atoms with Gasteiger partial charge in [-0.1, -0.05) is 30.3 Å². The normalized spacial score (nSPS) is 15.1. The fraction of sp³-hybridized carbons (Fsp3) is 0.222. The average Bonchev–Trinajstić information content (AvgIpc) is 3.27. The number of ether oxygens (including phenoxy) is 1. The molecule has 0 saturated carbocycles. The van der Waals surface area contributed by atoms with E-state index in [-0.39, 0.29) is 36.6 Å². The molecule has 3 aromatic rings. The Morgan fingerprint density at radius 2 is 1.69 bits per heavy atom. The van der Waals surface area contributed by atoms with Gasteiger partial charge in [-0.3, -0.25) is 14.4 Å². The van der Waals surface area contributed by atoms with E-state index in [2.05, 4.69) is 10.6 Å². The summed E-state index contributed by atoms with van der Waals surface area (Å²) >= 11 is 0. The van der Waals surface area contributed by atoms with Gasteiger partial charge in [-0.2, -0.15) is 0 Å². The molecule has 35 heavy (non-hydrogen) atoms. The first-order valence-corrected chi connectivity index (χ1v) is 11.4. The Balaban J connectivity index is 1.23. The lowest BCUT2D eigenvalue weighted by atomic mass is 10.1. The van der Waals surface area contributed by atoms with Crippen LogP contribution in [0.3, 0.4) is 0 Å². The number of hydrogen-bond donors (Lipinski definition) is 2. The number of nitrogens with one attached hydrogen (secondary N) is 2. The Morgan fingerprint density at radius 1 is 0.971 bits per heavy atom. The highest BCUT2D eigenvalue weighted by Gasteiger charge is 2.34. The molecule has 1 atom stereocenters. The first-order valence-electron chi connectivity index (χ1n) is 11.4. The maximum atomic E-state index is 12.9. The molecule has 0 bridgehead atoms. The minimum absolute atomic E-state index is 0.111. The summed E-state index contributed by atoms with van der Waals surface area (Å²) in [7, 11) is 0. The third-order valence-corrected chi connectivity index (χ3v) is 5.70. The number of hydrogen-bond acceptors (Lipinski definition) is 4. The maximum Gasteiger partial charge on any atom is 0.262 e. The van der Waals surface area contributed by atoms with Crippen molar-refractivity contribution in [2.75, 3.05) is 29.9 Å². The molecule has 1 heterocycles. The van der Waals surface area contributed by atoms with Crippen LogP contribution >= 0.6 is 0 Å². The number of carbonyl (C=O) groups excluding carboxylic acids is 3. The molecule has 0 aromatic heterocycles. The Morgan fingerprint density at radius 3 is 2.40 bits per heavy atom. The number of halogens is 1. The van der Waals surface area contributed by atoms with E-state index in [0.29, 0.717) is 30.2 Å². The summed E-state index contributed by atoms with van der Waals surface area (Å²) in [6, 6.07) is 22.1. The Kier molecular flexibility index (Phi) is 7.72. The highest BCUT2D eigenvalue weighted by molar-refractivity contribution is 6.00. The Hall–Kier alpha value is -4.20. The van der Waals surface area contributed by atoms with Crippen LogP contribution in [0, 0.1) is 11.7 Å². The zero-order valence-electron chi connectivity index (χ0n) is 19.1. The lowest BCUT2D eigenvalue weighted by molar-refractivity contribution is -0.126. The van der Waals surface area contributed by atoms with Gasteiger partial charge < -0.3 is 20.3 Å².